The number of aliphatic hydroxyl groups is 2. The van der Waals surface area contributed by atoms with Gasteiger partial charge < -0.3 is 19.7 Å². The quantitative estimate of drug-likeness (QED) is 0.190. The molecule has 2 aromatic carbocycles. The number of halogens is 5. The summed E-state index contributed by atoms with van der Waals surface area (Å²) in [7, 11) is -3.36. The number of sulfone groups is 1. The number of rotatable bonds is 3. The van der Waals surface area contributed by atoms with Gasteiger partial charge in [0.25, 0.3) is 0 Å². The Labute approximate surface area is 301 Å². The Morgan fingerprint density at radius 1 is 0.827 bits per heavy atom. The monoisotopic (exact) mass is 748 g/mol. The molecule has 0 amide bonds. The molecule has 0 unspecified atom stereocenters. The number of allylic oxidation sites excluding steroid dienone is 1. The molecule has 4 aliphatic carbocycles. The molecular weight excluding hydrogens is 703 g/mol. The summed E-state index contributed by atoms with van der Waals surface area (Å²) in [4.78, 5) is 0.173. The second kappa shape index (κ2) is 12.1. The Morgan fingerprint density at radius 2 is 1.40 bits per heavy atom. The Bertz CT molecular complexity index is 1930. The van der Waals surface area contributed by atoms with E-state index in [2.05, 4.69) is 11.8 Å². The SMILES string of the molecule is CC1(C)COC2(CCC3=C4[C@@H](CC[C@@]3(O)C2)[C@@H]2CC[C@@](O)(C(F)(F)C(F)(F)F)[C@@]2(C)C[C@@H]4c2ccc(C#Cc3ccc(S(C)(=O)=O)cc3)cc2)OC1. The maximum absolute atomic E-state index is 15.4. The van der Waals surface area contributed by atoms with Crippen LogP contribution in [0.4, 0.5) is 22.0 Å². The number of ether oxygens (including phenoxy) is 2. The molecule has 6 nitrogen and oxygen atoms in total. The van der Waals surface area contributed by atoms with Crippen LogP contribution in [0.5, 0.6) is 0 Å². The third-order valence-corrected chi connectivity index (χ3v) is 14.0. The minimum atomic E-state index is -5.93. The van der Waals surface area contributed by atoms with Crippen LogP contribution in [0, 0.1) is 34.5 Å². The summed E-state index contributed by atoms with van der Waals surface area (Å²) >= 11 is 0. The lowest BCUT2D eigenvalue weighted by Crippen LogP contribution is -2.65. The smallest absolute Gasteiger partial charge is 0.385 e. The van der Waals surface area contributed by atoms with Gasteiger partial charge in [-0.2, -0.15) is 22.0 Å². The molecule has 1 aliphatic heterocycles. The molecule has 52 heavy (non-hydrogen) atoms. The Kier molecular flexibility index (Phi) is 8.72. The average Bonchev–Trinajstić information content (AvgIpc) is 3.35. The zero-order valence-corrected chi connectivity index (χ0v) is 30.6. The highest BCUT2D eigenvalue weighted by molar-refractivity contribution is 7.90. The Morgan fingerprint density at radius 3 is 1.96 bits per heavy atom. The third-order valence-electron chi connectivity index (χ3n) is 12.8. The van der Waals surface area contributed by atoms with Gasteiger partial charge in [0.15, 0.2) is 15.6 Å². The second-order valence-corrected chi connectivity index (χ2v) is 18.9. The van der Waals surface area contributed by atoms with Gasteiger partial charge in [0, 0.05) is 47.0 Å². The van der Waals surface area contributed by atoms with Crippen molar-refractivity contribution in [2.75, 3.05) is 19.5 Å². The van der Waals surface area contributed by atoms with Gasteiger partial charge in [0.05, 0.1) is 23.7 Å². The number of hydrogen-bond acceptors (Lipinski definition) is 6. The van der Waals surface area contributed by atoms with E-state index in [-0.39, 0.29) is 36.0 Å². The maximum Gasteiger partial charge on any atom is 0.456 e. The van der Waals surface area contributed by atoms with Crippen molar-refractivity contribution in [3.8, 4) is 11.8 Å². The van der Waals surface area contributed by atoms with E-state index < -0.39 is 68.5 Å². The van der Waals surface area contributed by atoms with Crippen LogP contribution in [0.1, 0.15) is 94.7 Å². The predicted molar refractivity (Wildman–Crippen MR) is 183 cm³/mol. The second-order valence-electron chi connectivity index (χ2n) is 16.9. The van der Waals surface area contributed by atoms with Crippen LogP contribution >= 0.6 is 0 Å². The summed E-state index contributed by atoms with van der Waals surface area (Å²) in [6, 6.07) is 13.2. The summed E-state index contributed by atoms with van der Waals surface area (Å²) in [6.45, 7) is 6.41. The molecule has 2 aromatic rings. The topological polar surface area (TPSA) is 93.1 Å². The van der Waals surface area contributed by atoms with E-state index in [1.165, 1.54) is 19.1 Å². The van der Waals surface area contributed by atoms with Crippen molar-refractivity contribution in [3.05, 3.63) is 76.4 Å². The molecule has 1 saturated heterocycles. The minimum Gasteiger partial charge on any atom is -0.385 e. The van der Waals surface area contributed by atoms with E-state index in [0.717, 1.165) is 17.4 Å². The zero-order valence-electron chi connectivity index (χ0n) is 29.7. The van der Waals surface area contributed by atoms with E-state index in [0.29, 0.717) is 49.2 Å². The summed E-state index contributed by atoms with van der Waals surface area (Å²) in [6.07, 6.45) is -3.90. The highest BCUT2D eigenvalue weighted by atomic mass is 32.2. The van der Waals surface area contributed by atoms with E-state index in [9.17, 15) is 31.8 Å². The first kappa shape index (κ1) is 37.5. The van der Waals surface area contributed by atoms with Crippen LogP contribution < -0.4 is 0 Å². The van der Waals surface area contributed by atoms with E-state index >= 15 is 8.78 Å². The molecule has 0 bridgehead atoms. The molecule has 1 heterocycles. The predicted octanol–water partition coefficient (Wildman–Crippen LogP) is 7.71. The van der Waals surface area contributed by atoms with Crippen LogP contribution in [-0.2, 0) is 19.3 Å². The molecule has 0 radical (unpaired) electrons. The van der Waals surface area contributed by atoms with E-state index in [1.807, 2.05) is 13.8 Å². The lowest BCUT2D eigenvalue weighted by Gasteiger charge is -2.59. The molecule has 7 rings (SSSR count). The standard InChI is InChI=1S/C40H45F5O6S/c1-34(2)23-50-37(51-24-34)19-16-32-33-29(15-18-36(32,46)22-37)31-17-20-38(47,39(41,42)40(43,44)45)35(31,3)21-30(33)27-11-7-25(8-12-27)5-6-26-9-13-28(14-10-26)52(4,48)49/h7-14,29-31,46-47H,15-24H2,1-4H3/t29-,30+,31-,35-,36+,38-/m0/s1. The van der Waals surface area contributed by atoms with Crippen molar-refractivity contribution in [3.63, 3.8) is 0 Å². The van der Waals surface area contributed by atoms with Gasteiger partial charge in [-0.05, 0) is 97.9 Å². The Hall–Kier alpha value is -2.82. The van der Waals surface area contributed by atoms with Gasteiger partial charge in [-0.15, -0.1) is 0 Å². The fourth-order valence-corrected chi connectivity index (χ4v) is 10.7. The molecule has 2 N–H and O–H groups in total. The highest BCUT2D eigenvalue weighted by Crippen LogP contribution is 2.71. The van der Waals surface area contributed by atoms with Crippen molar-refractivity contribution >= 4 is 9.84 Å². The van der Waals surface area contributed by atoms with Crippen molar-refractivity contribution < 1.29 is 50.1 Å². The van der Waals surface area contributed by atoms with E-state index in [4.69, 9.17) is 9.47 Å². The van der Waals surface area contributed by atoms with Crippen LogP contribution in [-0.4, -0.2) is 67.2 Å². The minimum absolute atomic E-state index is 0.0101. The molecule has 5 aliphatic rings. The first-order valence-electron chi connectivity index (χ1n) is 17.9. The Balaban J connectivity index is 1.28. The number of hydrogen-bond donors (Lipinski definition) is 2. The lowest BCUT2D eigenvalue weighted by atomic mass is 9.49. The van der Waals surface area contributed by atoms with Gasteiger partial charge in [-0.25, -0.2) is 8.42 Å². The van der Waals surface area contributed by atoms with Gasteiger partial charge in [0.1, 0.15) is 5.60 Å². The van der Waals surface area contributed by atoms with Gasteiger partial charge >= 0.3 is 12.1 Å². The number of fused-ring (bicyclic) bond motifs is 4. The molecule has 12 heteroatoms. The van der Waals surface area contributed by atoms with Crippen molar-refractivity contribution in [1.29, 1.82) is 0 Å². The normalized spacial score (nSPS) is 34.2. The fourth-order valence-electron chi connectivity index (χ4n) is 10.0. The molecule has 282 valence electrons. The van der Waals surface area contributed by atoms with Crippen molar-refractivity contribution in [2.45, 2.75) is 112 Å². The molecule has 3 saturated carbocycles. The fraction of sp³-hybridized carbons (Fsp3) is 0.600. The third kappa shape index (κ3) is 5.94. The molecular formula is C40H45F5O6S. The van der Waals surface area contributed by atoms with Crippen LogP contribution in [0.2, 0.25) is 0 Å². The lowest BCUT2D eigenvalue weighted by molar-refractivity contribution is -0.362. The molecule has 0 aromatic heterocycles. The zero-order chi connectivity index (χ0) is 37.8. The number of alkyl halides is 5. The number of benzene rings is 2. The molecule has 4 fully saturated rings. The first-order chi connectivity index (χ1) is 24.0. The van der Waals surface area contributed by atoms with Crippen LogP contribution in [0.3, 0.4) is 0 Å². The highest BCUT2D eigenvalue weighted by Gasteiger charge is 2.79. The summed E-state index contributed by atoms with van der Waals surface area (Å²) in [5.41, 5.74) is -3.03. The van der Waals surface area contributed by atoms with Crippen LogP contribution in [0.25, 0.3) is 0 Å². The summed E-state index contributed by atoms with van der Waals surface area (Å²) in [5, 5.41) is 24.0. The average molecular weight is 749 g/mol. The van der Waals surface area contributed by atoms with Crippen molar-refractivity contribution in [2.24, 2.45) is 22.7 Å². The van der Waals surface area contributed by atoms with Gasteiger partial charge in [-0.3, -0.25) is 0 Å². The molecule has 1 spiro atoms. The van der Waals surface area contributed by atoms with Gasteiger partial charge in [0.2, 0.25) is 0 Å². The van der Waals surface area contributed by atoms with Crippen molar-refractivity contribution in [1.82, 2.24) is 0 Å². The van der Waals surface area contributed by atoms with E-state index in [1.54, 1.807) is 36.4 Å². The van der Waals surface area contributed by atoms with Gasteiger partial charge in [-0.1, -0.05) is 50.3 Å². The van der Waals surface area contributed by atoms with Crippen LogP contribution in [0.15, 0.2) is 64.6 Å². The first-order valence-corrected chi connectivity index (χ1v) is 19.8. The summed E-state index contributed by atoms with van der Waals surface area (Å²) < 4.78 is 109. The maximum atomic E-state index is 15.4. The molecule has 6 atom stereocenters. The largest absolute Gasteiger partial charge is 0.456 e. The summed E-state index contributed by atoms with van der Waals surface area (Å²) in [5.74, 6) is -1.94.